The first-order chi connectivity index (χ1) is 8.75. The van der Waals surface area contributed by atoms with Crippen LogP contribution in [0.3, 0.4) is 0 Å². The van der Waals surface area contributed by atoms with E-state index in [1.165, 1.54) is 5.56 Å². The SMILES string of the molecule is Cc1cc(Br)cnc1NCCCCn1ccnc1. The molecule has 4 nitrogen and oxygen atoms in total. The summed E-state index contributed by atoms with van der Waals surface area (Å²) in [6.45, 7) is 4.03. The van der Waals surface area contributed by atoms with Crippen LogP contribution in [0.2, 0.25) is 0 Å². The summed E-state index contributed by atoms with van der Waals surface area (Å²) in [4.78, 5) is 8.37. The molecule has 1 N–H and O–H groups in total. The molecule has 0 amide bonds. The third kappa shape index (κ3) is 3.84. The number of pyridine rings is 1. The van der Waals surface area contributed by atoms with E-state index >= 15 is 0 Å². The molecule has 2 aromatic heterocycles. The number of halogens is 1. The highest BCUT2D eigenvalue weighted by Crippen LogP contribution is 2.16. The van der Waals surface area contributed by atoms with Crippen molar-refractivity contribution in [3.05, 3.63) is 41.0 Å². The molecule has 0 unspecified atom stereocenters. The van der Waals surface area contributed by atoms with Crippen LogP contribution in [0.1, 0.15) is 18.4 Å². The number of hydrogen-bond donors (Lipinski definition) is 1. The summed E-state index contributed by atoms with van der Waals surface area (Å²) in [5, 5.41) is 3.36. The average molecular weight is 309 g/mol. The second-order valence-corrected chi connectivity index (χ2v) is 5.17. The van der Waals surface area contributed by atoms with Gasteiger partial charge in [0.05, 0.1) is 6.33 Å². The summed E-state index contributed by atoms with van der Waals surface area (Å²) < 4.78 is 3.12. The molecule has 0 atom stereocenters. The van der Waals surface area contributed by atoms with Crippen molar-refractivity contribution in [2.45, 2.75) is 26.3 Å². The number of nitrogens with one attached hydrogen (secondary N) is 1. The largest absolute Gasteiger partial charge is 0.370 e. The van der Waals surface area contributed by atoms with E-state index in [1.807, 2.05) is 24.9 Å². The van der Waals surface area contributed by atoms with Crippen LogP contribution in [0.15, 0.2) is 35.5 Å². The first kappa shape index (κ1) is 13.1. The van der Waals surface area contributed by atoms with E-state index < -0.39 is 0 Å². The van der Waals surface area contributed by atoms with Crippen LogP contribution in [0.25, 0.3) is 0 Å². The quantitative estimate of drug-likeness (QED) is 0.833. The lowest BCUT2D eigenvalue weighted by atomic mass is 10.2. The van der Waals surface area contributed by atoms with E-state index in [9.17, 15) is 0 Å². The molecular weight excluding hydrogens is 292 g/mol. The van der Waals surface area contributed by atoms with Crippen molar-refractivity contribution in [1.82, 2.24) is 14.5 Å². The highest BCUT2D eigenvalue weighted by Gasteiger charge is 1.99. The summed E-state index contributed by atoms with van der Waals surface area (Å²) in [5.41, 5.74) is 1.17. The molecule has 0 saturated carbocycles. The summed E-state index contributed by atoms with van der Waals surface area (Å²) in [5.74, 6) is 0.973. The normalized spacial score (nSPS) is 10.6. The molecule has 0 aliphatic heterocycles. The van der Waals surface area contributed by atoms with E-state index in [2.05, 4.69) is 48.8 Å². The standard InChI is InChI=1S/C13H17BrN4/c1-11-8-12(14)9-17-13(11)16-4-2-3-6-18-7-5-15-10-18/h5,7-10H,2-4,6H2,1H3,(H,16,17). The van der Waals surface area contributed by atoms with Crippen LogP contribution in [0, 0.1) is 6.92 Å². The molecule has 2 aromatic rings. The molecule has 0 saturated heterocycles. The van der Waals surface area contributed by atoms with Gasteiger partial charge in [-0.1, -0.05) is 0 Å². The zero-order valence-corrected chi connectivity index (χ0v) is 12.0. The number of unbranched alkanes of at least 4 members (excludes halogenated alkanes) is 1. The predicted octanol–water partition coefficient (Wildman–Crippen LogP) is 3.24. The van der Waals surface area contributed by atoms with Crippen LogP contribution < -0.4 is 5.32 Å². The second-order valence-electron chi connectivity index (χ2n) is 4.25. The summed E-state index contributed by atoms with van der Waals surface area (Å²) in [6.07, 6.45) is 9.74. The van der Waals surface area contributed by atoms with Gasteiger partial charge in [0.25, 0.3) is 0 Å². The third-order valence-corrected chi connectivity index (χ3v) is 3.17. The van der Waals surface area contributed by atoms with E-state index in [0.29, 0.717) is 0 Å². The zero-order chi connectivity index (χ0) is 12.8. The van der Waals surface area contributed by atoms with Gasteiger partial charge in [0, 0.05) is 36.2 Å². The van der Waals surface area contributed by atoms with Gasteiger partial charge < -0.3 is 9.88 Å². The Labute approximate surface area is 116 Å². The number of aromatic nitrogens is 3. The van der Waals surface area contributed by atoms with Crippen LogP contribution in [-0.4, -0.2) is 21.1 Å². The average Bonchev–Trinajstić information content (AvgIpc) is 2.84. The molecule has 96 valence electrons. The van der Waals surface area contributed by atoms with Crippen LogP contribution in [0.5, 0.6) is 0 Å². The smallest absolute Gasteiger partial charge is 0.128 e. The van der Waals surface area contributed by atoms with Gasteiger partial charge in [-0.2, -0.15) is 0 Å². The first-order valence-corrected chi connectivity index (χ1v) is 6.87. The molecule has 0 aliphatic rings. The monoisotopic (exact) mass is 308 g/mol. The van der Waals surface area contributed by atoms with Crippen LogP contribution in [-0.2, 0) is 6.54 Å². The second kappa shape index (κ2) is 6.54. The van der Waals surface area contributed by atoms with E-state index in [-0.39, 0.29) is 0 Å². The summed E-state index contributed by atoms with van der Waals surface area (Å²) in [6, 6.07) is 2.07. The molecule has 0 aliphatic carbocycles. The molecule has 0 aromatic carbocycles. The van der Waals surface area contributed by atoms with E-state index in [0.717, 1.165) is 36.2 Å². The highest BCUT2D eigenvalue weighted by atomic mass is 79.9. The minimum absolute atomic E-state index is 0.949. The van der Waals surface area contributed by atoms with Crippen molar-refractivity contribution >= 4 is 21.7 Å². The van der Waals surface area contributed by atoms with Crippen molar-refractivity contribution in [3.8, 4) is 0 Å². The number of aryl methyl sites for hydroxylation is 2. The van der Waals surface area contributed by atoms with Gasteiger partial charge in [0.2, 0.25) is 0 Å². The first-order valence-electron chi connectivity index (χ1n) is 6.07. The molecule has 0 radical (unpaired) electrons. The summed E-state index contributed by atoms with van der Waals surface area (Å²) in [7, 11) is 0. The van der Waals surface area contributed by atoms with Crippen LogP contribution in [0.4, 0.5) is 5.82 Å². The fourth-order valence-electron chi connectivity index (χ4n) is 1.77. The Morgan fingerprint density at radius 1 is 1.39 bits per heavy atom. The van der Waals surface area contributed by atoms with Crippen molar-refractivity contribution < 1.29 is 0 Å². The maximum Gasteiger partial charge on any atom is 0.128 e. The lowest BCUT2D eigenvalue weighted by Crippen LogP contribution is -2.06. The number of hydrogen-bond acceptors (Lipinski definition) is 3. The van der Waals surface area contributed by atoms with Gasteiger partial charge in [-0.25, -0.2) is 9.97 Å². The van der Waals surface area contributed by atoms with Crippen molar-refractivity contribution in [2.24, 2.45) is 0 Å². The van der Waals surface area contributed by atoms with Gasteiger partial charge >= 0.3 is 0 Å². The van der Waals surface area contributed by atoms with Gasteiger partial charge in [-0.05, 0) is 47.3 Å². The van der Waals surface area contributed by atoms with E-state index in [1.54, 1.807) is 0 Å². The molecular formula is C13H17BrN4. The van der Waals surface area contributed by atoms with Gasteiger partial charge in [-0.3, -0.25) is 0 Å². The predicted molar refractivity (Wildman–Crippen MR) is 76.6 cm³/mol. The fourth-order valence-corrected chi connectivity index (χ4v) is 2.22. The topological polar surface area (TPSA) is 42.7 Å². The molecule has 2 rings (SSSR count). The van der Waals surface area contributed by atoms with Crippen molar-refractivity contribution in [3.63, 3.8) is 0 Å². The molecule has 18 heavy (non-hydrogen) atoms. The molecule has 0 bridgehead atoms. The minimum atomic E-state index is 0.949. The number of rotatable bonds is 6. The molecule has 5 heteroatoms. The van der Waals surface area contributed by atoms with Gasteiger partial charge in [0.1, 0.15) is 5.82 Å². The maximum atomic E-state index is 4.35. The molecule has 0 fully saturated rings. The Hall–Kier alpha value is -1.36. The van der Waals surface area contributed by atoms with Gasteiger partial charge in [-0.15, -0.1) is 0 Å². The Kier molecular flexibility index (Phi) is 4.75. The van der Waals surface area contributed by atoms with Gasteiger partial charge in [0.15, 0.2) is 0 Å². The van der Waals surface area contributed by atoms with Crippen molar-refractivity contribution in [2.75, 3.05) is 11.9 Å². The van der Waals surface area contributed by atoms with Crippen molar-refractivity contribution in [1.29, 1.82) is 0 Å². The zero-order valence-electron chi connectivity index (χ0n) is 10.4. The maximum absolute atomic E-state index is 4.35. The third-order valence-electron chi connectivity index (χ3n) is 2.74. The highest BCUT2D eigenvalue weighted by molar-refractivity contribution is 9.10. The lowest BCUT2D eigenvalue weighted by Gasteiger charge is -2.08. The fraction of sp³-hybridized carbons (Fsp3) is 0.385. The lowest BCUT2D eigenvalue weighted by molar-refractivity contribution is 0.620. The Morgan fingerprint density at radius 2 is 2.28 bits per heavy atom. The number of anilines is 1. The Balaban J connectivity index is 1.69. The number of nitrogens with zero attached hydrogens (tertiary/aromatic N) is 3. The van der Waals surface area contributed by atoms with E-state index in [4.69, 9.17) is 0 Å². The Bertz CT molecular complexity index is 482. The molecule has 2 heterocycles. The molecule has 0 spiro atoms. The number of imidazole rings is 1. The Morgan fingerprint density at radius 3 is 3.00 bits per heavy atom. The minimum Gasteiger partial charge on any atom is -0.370 e. The van der Waals surface area contributed by atoms with Crippen LogP contribution >= 0.6 is 15.9 Å². The summed E-state index contributed by atoms with van der Waals surface area (Å²) >= 11 is 3.41.